The predicted molar refractivity (Wildman–Crippen MR) is 141 cm³/mol. The van der Waals surface area contributed by atoms with Gasteiger partial charge in [-0.25, -0.2) is 0 Å². The van der Waals surface area contributed by atoms with E-state index in [0.29, 0.717) is 11.7 Å². The molecule has 0 aromatic heterocycles. The minimum atomic E-state index is -1.83. The molecule has 8 nitrogen and oxygen atoms in total. The second-order valence-electron chi connectivity index (χ2n) is 9.34. The number of hydrogen-bond donors (Lipinski definition) is 2. The van der Waals surface area contributed by atoms with E-state index in [1.807, 2.05) is 12.1 Å². The number of ketones is 1. The summed E-state index contributed by atoms with van der Waals surface area (Å²) in [6.07, 6.45) is 2.52. The molecule has 0 saturated carbocycles. The number of ether oxygens (including phenoxy) is 1. The van der Waals surface area contributed by atoms with Gasteiger partial charge in [-0.1, -0.05) is 24.0 Å². The highest BCUT2D eigenvalue weighted by molar-refractivity contribution is 6.14. The quantitative estimate of drug-likeness (QED) is 0.375. The smallest absolute Gasteiger partial charge is 0.254 e. The lowest BCUT2D eigenvalue weighted by molar-refractivity contribution is -0.143. The largest absolute Gasteiger partial charge is 0.388 e. The van der Waals surface area contributed by atoms with Gasteiger partial charge in [0.25, 0.3) is 11.8 Å². The van der Waals surface area contributed by atoms with Crippen molar-refractivity contribution in [3.05, 3.63) is 70.8 Å². The van der Waals surface area contributed by atoms with Crippen LogP contribution in [0.2, 0.25) is 0 Å². The van der Waals surface area contributed by atoms with Crippen LogP contribution in [-0.4, -0.2) is 91.6 Å². The highest BCUT2D eigenvalue weighted by atomic mass is 16.5. The van der Waals surface area contributed by atoms with Crippen LogP contribution in [0.3, 0.4) is 0 Å². The summed E-state index contributed by atoms with van der Waals surface area (Å²) in [6.45, 7) is 3.59. The van der Waals surface area contributed by atoms with E-state index >= 15 is 0 Å². The summed E-state index contributed by atoms with van der Waals surface area (Å²) in [4.78, 5) is 41.1. The Morgan fingerprint density at radius 3 is 2.16 bits per heavy atom. The van der Waals surface area contributed by atoms with Gasteiger partial charge in [-0.2, -0.15) is 0 Å². The van der Waals surface area contributed by atoms with Crippen molar-refractivity contribution in [2.24, 2.45) is 0 Å². The fourth-order valence-corrected chi connectivity index (χ4v) is 4.22. The number of likely N-dealkylation sites (tertiary alicyclic amines) is 1. The maximum Gasteiger partial charge on any atom is 0.254 e. The SMILES string of the molecule is CNC(=O)[C@@](C)(C(=O)CO)N(C)C(=O)c1ccc(C#Cc2ccc(CCCN3CC(OC)C3)cc2)cc1. The Hall–Kier alpha value is -3.51. The summed E-state index contributed by atoms with van der Waals surface area (Å²) in [5.41, 5.74) is 1.39. The Balaban J connectivity index is 1.58. The lowest BCUT2D eigenvalue weighted by atomic mass is 9.92. The molecule has 1 atom stereocenters. The molecular weight excluding hydrogens is 470 g/mol. The molecule has 0 aliphatic carbocycles. The fraction of sp³-hybridized carbons (Fsp3) is 0.414. The molecule has 0 unspecified atom stereocenters. The number of likely N-dealkylation sites (N-methyl/N-ethyl adjacent to an activating group) is 2. The molecule has 3 rings (SSSR count). The lowest BCUT2D eigenvalue weighted by Crippen LogP contribution is -2.62. The maximum atomic E-state index is 13.0. The molecule has 196 valence electrons. The summed E-state index contributed by atoms with van der Waals surface area (Å²) < 4.78 is 5.31. The molecule has 1 saturated heterocycles. The fourth-order valence-electron chi connectivity index (χ4n) is 4.22. The van der Waals surface area contributed by atoms with Gasteiger partial charge in [0.1, 0.15) is 6.61 Å². The molecule has 37 heavy (non-hydrogen) atoms. The number of rotatable bonds is 10. The Morgan fingerprint density at radius 1 is 1.08 bits per heavy atom. The third-order valence-corrected chi connectivity index (χ3v) is 6.96. The second kappa shape index (κ2) is 12.6. The first-order valence-corrected chi connectivity index (χ1v) is 12.3. The van der Waals surface area contributed by atoms with Crippen LogP contribution < -0.4 is 5.32 Å². The van der Waals surface area contributed by atoms with Crippen LogP contribution >= 0.6 is 0 Å². The number of amides is 2. The molecule has 1 aliphatic heterocycles. The molecule has 2 N–H and O–H groups in total. The molecule has 1 fully saturated rings. The third-order valence-electron chi connectivity index (χ3n) is 6.96. The molecule has 1 aliphatic rings. The van der Waals surface area contributed by atoms with E-state index in [2.05, 4.69) is 34.2 Å². The zero-order valence-corrected chi connectivity index (χ0v) is 21.9. The van der Waals surface area contributed by atoms with Crippen LogP contribution in [0.4, 0.5) is 0 Å². The molecule has 2 aromatic carbocycles. The molecule has 0 radical (unpaired) electrons. The Morgan fingerprint density at radius 2 is 1.65 bits per heavy atom. The number of benzene rings is 2. The van der Waals surface area contributed by atoms with Crippen LogP contribution in [0.1, 0.15) is 40.4 Å². The number of Topliss-reactive ketones (excluding diaryl/α,β-unsaturated/α-hetero) is 1. The Bertz CT molecular complexity index is 1140. The number of hydrogen-bond acceptors (Lipinski definition) is 6. The number of carbonyl (C=O) groups excluding carboxylic acids is 3. The normalized spacial score (nSPS) is 15.1. The number of nitrogens with zero attached hydrogens (tertiary/aromatic N) is 2. The lowest BCUT2D eigenvalue weighted by Gasteiger charge is -2.38. The highest BCUT2D eigenvalue weighted by Gasteiger charge is 2.46. The van der Waals surface area contributed by atoms with Crippen LogP contribution in [0.15, 0.2) is 48.5 Å². The monoisotopic (exact) mass is 505 g/mol. The van der Waals surface area contributed by atoms with Crippen molar-refractivity contribution in [3.63, 3.8) is 0 Å². The van der Waals surface area contributed by atoms with Gasteiger partial charge in [-0.15, -0.1) is 0 Å². The first-order valence-electron chi connectivity index (χ1n) is 12.3. The summed E-state index contributed by atoms with van der Waals surface area (Å²) in [7, 11) is 4.50. The van der Waals surface area contributed by atoms with Crippen LogP contribution in [0, 0.1) is 11.8 Å². The Kier molecular flexibility index (Phi) is 9.59. The van der Waals surface area contributed by atoms with Gasteiger partial charge in [-0.05, 0) is 68.3 Å². The Labute approximate surface area is 218 Å². The summed E-state index contributed by atoms with van der Waals surface area (Å²) in [5, 5.41) is 11.7. The van der Waals surface area contributed by atoms with Crippen molar-refractivity contribution >= 4 is 17.6 Å². The van der Waals surface area contributed by atoms with Crippen molar-refractivity contribution < 1.29 is 24.2 Å². The average Bonchev–Trinajstić information content (AvgIpc) is 2.91. The first kappa shape index (κ1) is 28.1. The number of aliphatic hydroxyl groups excluding tert-OH is 1. The number of aryl methyl sites for hydroxylation is 1. The topological polar surface area (TPSA) is 99.2 Å². The minimum absolute atomic E-state index is 0.300. The molecule has 2 aromatic rings. The van der Waals surface area contributed by atoms with Gasteiger partial charge < -0.3 is 20.1 Å². The number of aliphatic hydroxyl groups is 1. The van der Waals surface area contributed by atoms with Crippen molar-refractivity contribution in [1.29, 1.82) is 0 Å². The van der Waals surface area contributed by atoms with E-state index in [1.165, 1.54) is 26.6 Å². The summed E-state index contributed by atoms with van der Waals surface area (Å²) in [6, 6.07) is 14.9. The number of carbonyl (C=O) groups is 3. The van der Waals surface area contributed by atoms with Crippen molar-refractivity contribution in [1.82, 2.24) is 15.1 Å². The van der Waals surface area contributed by atoms with Gasteiger partial charge in [0.05, 0.1) is 6.10 Å². The van der Waals surface area contributed by atoms with Gasteiger partial charge in [0, 0.05) is 51.0 Å². The third kappa shape index (κ3) is 6.63. The van der Waals surface area contributed by atoms with Crippen LogP contribution in [0.25, 0.3) is 0 Å². The van der Waals surface area contributed by atoms with E-state index in [1.54, 1.807) is 31.4 Å². The second-order valence-corrected chi connectivity index (χ2v) is 9.34. The van der Waals surface area contributed by atoms with E-state index < -0.39 is 29.7 Å². The van der Waals surface area contributed by atoms with E-state index in [4.69, 9.17) is 4.74 Å². The summed E-state index contributed by atoms with van der Waals surface area (Å²) >= 11 is 0. The van der Waals surface area contributed by atoms with Gasteiger partial charge in [-0.3, -0.25) is 19.3 Å². The van der Waals surface area contributed by atoms with Crippen LogP contribution in [0.5, 0.6) is 0 Å². The number of nitrogens with one attached hydrogen (secondary N) is 1. The van der Waals surface area contributed by atoms with E-state index in [-0.39, 0.29) is 0 Å². The van der Waals surface area contributed by atoms with Gasteiger partial charge >= 0.3 is 0 Å². The molecule has 1 heterocycles. The molecule has 0 spiro atoms. The van der Waals surface area contributed by atoms with Crippen molar-refractivity contribution in [2.45, 2.75) is 31.4 Å². The summed E-state index contributed by atoms with van der Waals surface area (Å²) in [5.74, 6) is 4.28. The standard InChI is InChI=1S/C29H35N3O5/c1-29(26(34)20-33,28(36)30-2)31(3)27(35)24-15-13-23(14-16-24)12-11-22-9-7-21(8-10-22)6-5-17-32-18-25(19-32)37-4/h7-10,13-16,25,33H,5-6,17-20H2,1-4H3,(H,30,36)/t29-/m1/s1. The minimum Gasteiger partial charge on any atom is -0.388 e. The van der Waals surface area contributed by atoms with E-state index in [9.17, 15) is 19.5 Å². The molecule has 8 heteroatoms. The molecular formula is C29H35N3O5. The zero-order valence-electron chi connectivity index (χ0n) is 21.9. The number of methoxy groups -OCH3 is 1. The van der Waals surface area contributed by atoms with Gasteiger partial charge in [0.15, 0.2) is 11.3 Å². The van der Waals surface area contributed by atoms with E-state index in [0.717, 1.165) is 48.5 Å². The highest BCUT2D eigenvalue weighted by Crippen LogP contribution is 2.19. The van der Waals surface area contributed by atoms with Crippen LogP contribution in [-0.2, 0) is 20.7 Å². The molecule has 2 amide bonds. The average molecular weight is 506 g/mol. The van der Waals surface area contributed by atoms with Crippen molar-refractivity contribution in [3.8, 4) is 11.8 Å². The van der Waals surface area contributed by atoms with Crippen molar-refractivity contribution in [2.75, 3.05) is 47.4 Å². The molecule has 0 bridgehead atoms. The first-order chi connectivity index (χ1) is 17.7. The maximum absolute atomic E-state index is 13.0. The van der Waals surface area contributed by atoms with Gasteiger partial charge in [0.2, 0.25) is 0 Å². The zero-order chi connectivity index (χ0) is 27.0. The predicted octanol–water partition coefficient (Wildman–Crippen LogP) is 1.49.